The standard InChI is InChI=1S/C22H28FN3O5S/c1-15-6-11-20(31-4)19(12-15)26(32(5,29)30)14-21(27)25(16(2)22(28)24-3)13-17-7-9-18(23)10-8-17/h6-12,16H,13-14H2,1-5H3,(H,24,28)/t16-/m0/s1. The number of aryl methyl sites for hydroxylation is 1. The molecule has 0 saturated carbocycles. The molecule has 0 unspecified atom stereocenters. The van der Waals surface area contributed by atoms with E-state index >= 15 is 0 Å². The van der Waals surface area contributed by atoms with Crippen molar-refractivity contribution < 1.29 is 27.1 Å². The summed E-state index contributed by atoms with van der Waals surface area (Å²) in [4.78, 5) is 26.9. The summed E-state index contributed by atoms with van der Waals surface area (Å²) in [6.45, 7) is 2.79. The van der Waals surface area contributed by atoms with Crippen molar-refractivity contribution in [2.24, 2.45) is 0 Å². The minimum Gasteiger partial charge on any atom is -0.495 e. The summed E-state index contributed by atoms with van der Waals surface area (Å²) in [7, 11) is -1.02. The average Bonchev–Trinajstić information content (AvgIpc) is 2.75. The summed E-state index contributed by atoms with van der Waals surface area (Å²) in [5.74, 6) is -1.15. The number of anilines is 1. The van der Waals surface area contributed by atoms with Crippen molar-refractivity contribution in [3.63, 3.8) is 0 Å². The van der Waals surface area contributed by atoms with Gasteiger partial charge in [0, 0.05) is 13.6 Å². The van der Waals surface area contributed by atoms with Crippen molar-refractivity contribution in [3.05, 3.63) is 59.4 Å². The number of hydrogen-bond acceptors (Lipinski definition) is 5. The maximum atomic E-state index is 13.3. The van der Waals surface area contributed by atoms with E-state index in [2.05, 4.69) is 5.32 Å². The lowest BCUT2D eigenvalue weighted by atomic mass is 10.1. The number of carbonyl (C=O) groups excluding carboxylic acids is 2. The molecular weight excluding hydrogens is 437 g/mol. The minimum atomic E-state index is -3.87. The second-order valence-electron chi connectivity index (χ2n) is 7.38. The lowest BCUT2D eigenvalue weighted by Gasteiger charge is -2.31. The van der Waals surface area contributed by atoms with Crippen LogP contribution in [-0.2, 0) is 26.2 Å². The van der Waals surface area contributed by atoms with Crippen LogP contribution in [0.2, 0.25) is 0 Å². The second kappa shape index (κ2) is 10.4. The SMILES string of the molecule is CNC(=O)[C@H](C)N(Cc1ccc(F)cc1)C(=O)CN(c1cc(C)ccc1OC)S(C)(=O)=O. The van der Waals surface area contributed by atoms with Gasteiger partial charge in [0.2, 0.25) is 21.8 Å². The molecule has 0 bridgehead atoms. The maximum Gasteiger partial charge on any atom is 0.244 e. The zero-order valence-corrected chi connectivity index (χ0v) is 19.6. The number of likely N-dealkylation sites (N-methyl/N-ethyl adjacent to an activating group) is 1. The Hall–Kier alpha value is -3.14. The Morgan fingerprint density at radius 1 is 1.16 bits per heavy atom. The summed E-state index contributed by atoms with van der Waals surface area (Å²) < 4.78 is 44.7. The molecule has 174 valence electrons. The van der Waals surface area contributed by atoms with E-state index in [4.69, 9.17) is 4.74 Å². The minimum absolute atomic E-state index is 0.00372. The van der Waals surface area contributed by atoms with E-state index in [1.807, 2.05) is 0 Å². The monoisotopic (exact) mass is 465 g/mol. The van der Waals surface area contributed by atoms with Gasteiger partial charge in [0.15, 0.2) is 0 Å². The number of methoxy groups -OCH3 is 1. The molecule has 1 atom stereocenters. The first-order valence-electron chi connectivity index (χ1n) is 9.85. The molecule has 0 radical (unpaired) electrons. The highest BCUT2D eigenvalue weighted by atomic mass is 32.2. The molecule has 0 fully saturated rings. The molecule has 2 rings (SSSR count). The summed E-state index contributed by atoms with van der Waals surface area (Å²) in [5, 5.41) is 2.49. The van der Waals surface area contributed by atoms with Crippen LogP contribution in [0, 0.1) is 12.7 Å². The number of hydrogen-bond donors (Lipinski definition) is 1. The molecule has 0 aliphatic rings. The third-order valence-corrected chi connectivity index (χ3v) is 6.09. The van der Waals surface area contributed by atoms with Gasteiger partial charge in [-0.3, -0.25) is 13.9 Å². The number of ether oxygens (including phenoxy) is 1. The highest BCUT2D eigenvalue weighted by Crippen LogP contribution is 2.31. The number of benzene rings is 2. The molecule has 32 heavy (non-hydrogen) atoms. The van der Waals surface area contributed by atoms with Gasteiger partial charge in [-0.15, -0.1) is 0 Å². The van der Waals surface area contributed by atoms with E-state index in [-0.39, 0.29) is 12.2 Å². The number of rotatable bonds is 9. The number of halogens is 1. The molecule has 0 aromatic heterocycles. The normalized spacial score (nSPS) is 12.1. The number of sulfonamides is 1. The number of nitrogens with zero attached hydrogens (tertiary/aromatic N) is 2. The zero-order valence-electron chi connectivity index (χ0n) is 18.8. The first kappa shape index (κ1) is 25.1. The topological polar surface area (TPSA) is 96.0 Å². The molecule has 2 amide bonds. The zero-order chi connectivity index (χ0) is 24.1. The van der Waals surface area contributed by atoms with Crippen LogP contribution in [0.1, 0.15) is 18.1 Å². The number of amides is 2. The lowest BCUT2D eigenvalue weighted by molar-refractivity contribution is -0.139. The smallest absolute Gasteiger partial charge is 0.244 e. The van der Waals surface area contributed by atoms with Gasteiger partial charge in [-0.05, 0) is 49.2 Å². The van der Waals surface area contributed by atoms with Crippen LogP contribution in [0.4, 0.5) is 10.1 Å². The Morgan fingerprint density at radius 2 is 1.78 bits per heavy atom. The largest absolute Gasteiger partial charge is 0.495 e. The van der Waals surface area contributed by atoms with Crippen LogP contribution in [0.25, 0.3) is 0 Å². The average molecular weight is 466 g/mol. The van der Waals surface area contributed by atoms with E-state index in [1.165, 1.54) is 50.2 Å². The first-order valence-corrected chi connectivity index (χ1v) is 11.7. The molecule has 2 aromatic carbocycles. The molecule has 0 aliphatic heterocycles. The van der Waals surface area contributed by atoms with Crippen molar-refractivity contribution in [2.75, 3.05) is 31.3 Å². The summed E-state index contributed by atoms with van der Waals surface area (Å²) >= 11 is 0. The fraction of sp³-hybridized carbons (Fsp3) is 0.364. The molecule has 0 heterocycles. The van der Waals surface area contributed by atoms with Crippen LogP contribution in [-0.4, -0.2) is 58.1 Å². The van der Waals surface area contributed by atoms with Crippen molar-refractivity contribution >= 4 is 27.5 Å². The Bertz CT molecular complexity index is 1070. The second-order valence-corrected chi connectivity index (χ2v) is 9.29. The fourth-order valence-corrected chi connectivity index (χ4v) is 4.01. The lowest BCUT2D eigenvalue weighted by Crippen LogP contribution is -2.50. The van der Waals surface area contributed by atoms with Crippen LogP contribution in [0.15, 0.2) is 42.5 Å². The van der Waals surface area contributed by atoms with Gasteiger partial charge >= 0.3 is 0 Å². The van der Waals surface area contributed by atoms with Crippen LogP contribution < -0.4 is 14.4 Å². The predicted octanol–water partition coefficient (Wildman–Crippen LogP) is 2.07. The van der Waals surface area contributed by atoms with Crippen molar-refractivity contribution in [1.29, 1.82) is 0 Å². The molecule has 0 aliphatic carbocycles. The first-order chi connectivity index (χ1) is 15.0. The number of nitrogens with one attached hydrogen (secondary N) is 1. The highest BCUT2D eigenvalue weighted by molar-refractivity contribution is 7.92. The van der Waals surface area contributed by atoms with Gasteiger partial charge in [-0.2, -0.15) is 0 Å². The summed E-state index contributed by atoms with van der Waals surface area (Å²) in [6, 6.07) is 9.62. The Kier molecular flexibility index (Phi) is 8.20. The fourth-order valence-electron chi connectivity index (χ4n) is 3.17. The molecule has 0 saturated heterocycles. The summed E-state index contributed by atoms with van der Waals surface area (Å²) in [5.41, 5.74) is 1.59. The van der Waals surface area contributed by atoms with E-state index in [0.717, 1.165) is 16.1 Å². The van der Waals surface area contributed by atoms with Crippen molar-refractivity contribution in [2.45, 2.75) is 26.4 Å². The predicted molar refractivity (Wildman–Crippen MR) is 120 cm³/mol. The quantitative estimate of drug-likeness (QED) is 0.612. The molecule has 0 spiro atoms. The maximum absolute atomic E-state index is 13.3. The highest BCUT2D eigenvalue weighted by Gasteiger charge is 2.30. The van der Waals surface area contributed by atoms with E-state index in [1.54, 1.807) is 25.1 Å². The van der Waals surface area contributed by atoms with Crippen LogP contribution in [0.5, 0.6) is 5.75 Å². The Labute approximate surface area is 188 Å². The van der Waals surface area contributed by atoms with Crippen LogP contribution >= 0.6 is 0 Å². The third kappa shape index (κ3) is 6.19. The Balaban J connectivity index is 2.44. The van der Waals surface area contributed by atoms with Crippen molar-refractivity contribution in [1.82, 2.24) is 10.2 Å². The molecule has 2 aromatic rings. The van der Waals surface area contributed by atoms with Gasteiger partial charge in [0.1, 0.15) is 24.2 Å². The molecule has 1 N–H and O–H groups in total. The van der Waals surface area contributed by atoms with Gasteiger partial charge in [0.05, 0.1) is 19.1 Å². The van der Waals surface area contributed by atoms with Gasteiger partial charge in [-0.25, -0.2) is 12.8 Å². The van der Waals surface area contributed by atoms with E-state index in [9.17, 15) is 22.4 Å². The van der Waals surface area contributed by atoms with Gasteiger partial charge in [0.25, 0.3) is 0 Å². The van der Waals surface area contributed by atoms with Gasteiger partial charge < -0.3 is 15.0 Å². The van der Waals surface area contributed by atoms with E-state index < -0.39 is 40.2 Å². The van der Waals surface area contributed by atoms with E-state index in [0.29, 0.717) is 11.3 Å². The summed E-state index contributed by atoms with van der Waals surface area (Å²) in [6.07, 6.45) is 0.995. The van der Waals surface area contributed by atoms with Crippen LogP contribution in [0.3, 0.4) is 0 Å². The molecule has 8 nitrogen and oxygen atoms in total. The van der Waals surface area contributed by atoms with Gasteiger partial charge in [-0.1, -0.05) is 18.2 Å². The van der Waals surface area contributed by atoms with Crippen molar-refractivity contribution in [3.8, 4) is 5.75 Å². The number of carbonyl (C=O) groups is 2. The molecular formula is C22H28FN3O5S. The Morgan fingerprint density at radius 3 is 2.31 bits per heavy atom. The molecule has 10 heteroatoms. The third-order valence-electron chi connectivity index (χ3n) is 4.96.